The van der Waals surface area contributed by atoms with E-state index in [0.717, 1.165) is 0 Å². The molecule has 0 spiro atoms. The Balaban J connectivity index is 2.71. The van der Waals surface area contributed by atoms with E-state index >= 15 is 0 Å². The zero-order chi connectivity index (χ0) is 13.3. The van der Waals surface area contributed by atoms with Gasteiger partial charge in [0.25, 0.3) is 5.91 Å². The Bertz CT molecular complexity index is 656. The Morgan fingerprint density at radius 1 is 1.28 bits per heavy atom. The van der Waals surface area contributed by atoms with Crippen LogP contribution in [0.25, 0.3) is 11.0 Å². The average Bonchev–Trinajstić information content (AvgIpc) is 2.29. The number of carbonyl (C=O) groups excluding carboxylic acids is 1. The van der Waals surface area contributed by atoms with Crippen molar-refractivity contribution in [3.8, 4) is 0 Å². The molecule has 0 aliphatic carbocycles. The van der Waals surface area contributed by atoms with Gasteiger partial charge in [-0.3, -0.25) is 4.79 Å². The SMILES string of the molecule is Cc1c(C(=O)NC(C)C)c2ccccc2oc1=O. The van der Waals surface area contributed by atoms with Gasteiger partial charge in [0.2, 0.25) is 0 Å². The molecule has 2 rings (SSSR count). The third-order valence-electron chi connectivity index (χ3n) is 2.69. The molecule has 0 fully saturated rings. The lowest BCUT2D eigenvalue weighted by Crippen LogP contribution is -2.31. The Labute approximate surface area is 105 Å². The largest absolute Gasteiger partial charge is 0.422 e. The van der Waals surface area contributed by atoms with Crippen molar-refractivity contribution in [2.45, 2.75) is 26.8 Å². The molecule has 1 heterocycles. The third-order valence-corrected chi connectivity index (χ3v) is 2.69. The van der Waals surface area contributed by atoms with E-state index in [1.54, 1.807) is 25.1 Å². The number of nitrogens with one attached hydrogen (secondary N) is 1. The number of carbonyl (C=O) groups is 1. The first-order valence-corrected chi connectivity index (χ1v) is 5.84. The van der Waals surface area contributed by atoms with Crippen LogP contribution in [-0.2, 0) is 0 Å². The normalized spacial score (nSPS) is 10.9. The van der Waals surface area contributed by atoms with Gasteiger partial charge in [-0.1, -0.05) is 18.2 Å². The molecule has 4 heteroatoms. The minimum atomic E-state index is -0.470. The fourth-order valence-electron chi connectivity index (χ4n) is 1.87. The first-order chi connectivity index (χ1) is 8.50. The van der Waals surface area contributed by atoms with Crippen molar-refractivity contribution in [2.75, 3.05) is 0 Å². The van der Waals surface area contributed by atoms with Crippen molar-refractivity contribution < 1.29 is 9.21 Å². The highest BCUT2D eigenvalue weighted by atomic mass is 16.4. The van der Waals surface area contributed by atoms with Crippen LogP contribution in [0.2, 0.25) is 0 Å². The van der Waals surface area contributed by atoms with Gasteiger partial charge in [-0.05, 0) is 26.8 Å². The Morgan fingerprint density at radius 2 is 1.94 bits per heavy atom. The highest BCUT2D eigenvalue weighted by Gasteiger charge is 2.17. The van der Waals surface area contributed by atoms with Crippen LogP contribution in [-0.4, -0.2) is 11.9 Å². The second kappa shape index (κ2) is 4.64. The molecule has 0 radical (unpaired) electrons. The Morgan fingerprint density at radius 3 is 2.61 bits per heavy atom. The van der Waals surface area contributed by atoms with E-state index in [-0.39, 0.29) is 11.9 Å². The van der Waals surface area contributed by atoms with Gasteiger partial charge in [0.1, 0.15) is 5.58 Å². The van der Waals surface area contributed by atoms with Crippen molar-refractivity contribution in [3.05, 3.63) is 45.8 Å². The minimum Gasteiger partial charge on any atom is -0.422 e. The van der Waals surface area contributed by atoms with Gasteiger partial charge in [-0.25, -0.2) is 4.79 Å². The molecule has 18 heavy (non-hydrogen) atoms. The number of rotatable bonds is 2. The standard InChI is InChI=1S/C14H15NO3/c1-8(2)15-13(16)12-9(3)14(17)18-11-7-5-4-6-10(11)12/h4-8H,1-3H3,(H,15,16). The fourth-order valence-corrected chi connectivity index (χ4v) is 1.87. The highest BCUT2D eigenvalue weighted by Crippen LogP contribution is 2.19. The van der Waals surface area contributed by atoms with Crippen LogP contribution in [0, 0.1) is 6.92 Å². The predicted octanol–water partition coefficient (Wildman–Crippen LogP) is 2.24. The first-order valence-electron chi connectivity index (χ1n) is 5.84. The molecule has 4 nitrogen and oxygen atoms in total. The van der Waals surface area contributed by atoms with Gasteiger partial charge in [-0.15, -0.1) is 0 Å². The van der Waals surface area contributed by atoms with Gasteiger partial charge < -0.3 is 9.73 Å². The maximum Gasteiger partial charge on any atom is 0.339 e. The molecule has 1 amide bonds. The average molecular weight is 245 g/mol. The molecular weight excluding hydrogens is 230 g/mol. The number of hydrogen-bond donors (Lipinski definition) is 1. The summed E-state index contributed by atoms with van der Waals surface area (Å²) in [7, 11) is 0. The summed E-state index contributed by atoms with van der Waals surface area (Å²) >= 11 is 0. The maximum atomic E-state index is 12.2. The molecule has 94 valence electrons. The topological polar surface area (TPSA) is 59.3 Å². The van der Waals surface area contributed by atoms with Gasteiger partial charge in [0, 0.05) is 17.0 Å². The number of para-hydroxylation sites is 1. The van der Waals surface area contributed by atoms with Crippen LogP contribution < -0.4 is 10.9 Å². The minimum absolute atomic E-state index is 0.0166. The van der Waals surface area contributed by atoms with Crippen molar-refractivity contribution in [3.63, 3.8) is 0 Å². The van der Waals surface area contributed by atoms with E-state index in [2.05, 4.69) is 5.32 Å². The summed E-state index contributed by atoms with van der Waals surface area (Å²) in [6.07, 6.45) is 0. The summed E-state index contributed by atoms with van der Waals surface area (Å²) in [5.41, 5.74) is 0.701. The smallest absolute Gasteiger partial charge is 0.339 e. The van der Waals surface area contributed by atoms with E-state index in [0.29, 0.717) is 22.1 Å². The van der Waals surface area contributed by atoms with E-state index in [4.69, 9.17) is 4.42 Å². The molecule has 0 saturated heterocycles. The molecule has 2 aromatic rings. The monoisotopic (exact) mass is 245 g/mol. The van der Waals surface area contributed by atoms with Crippen molar-refractivity contribution in [1.29, 1.82) is 0 Å². The third kappa shape index (κ3) is 2.14. The Kier molecular flexibility index (Phi) is 3.19. The summed E-state index contributed by atoms with van der Waals surface area (Å²) in [4.78, 5) is 23.8. The highest BCUT2D eigenvalue weighted by molar-refractivity contribution is 6.06. The van der Waals surface area contributed by atoms with Crippen LogP contribution in [0.5, 0.6) is 0 Å². The number of amides is 1. The zero-order valence-corrected chi connectivity index (χ0v) is 10.6. The summed E-state index contributed by atoms with van der Waals surface area (Å²) in [5, 5.41) is 3.46. The molecule has 0 bridgehead atoms. The second-order valence-electron chi connectivity index (χ2n) is 4.51. The van der Waals surface area contributed by atoms with Crippen LogP contribution >= 0.6 is 0 Å². The molecule has 0 saturated carbocycles. The van der Waals surface area contributed by atoms with Crippen LogP contribution in [0.4, 0.5) is 0 Å². The van der Waals surface area contributed by atoms with Crippen LogP contribution in [0.15, 0.2) is 33.5 Å². The van der Waals surface area contributed by atoms with Crippen LogP contribution in [0.3, 0.4) is 0 Å². The molecule has 1 aromatic heterocycles. The molecule has 0 unspecified atom stereocenters. The lowest BCUT2D eigenvalue weighted by atomic mass is 10.0. The van der Waals surface area contributed by atoms with Gasteiger partial charge in [0.15, 0.2) is 0 Å². The summed E-state index contributed by atoms with van der Waals surface area (Å²) in [6.45, 7) is 5.36. The van der Waals surface area contributed by atoms with E-state index < -0.39 is 5.63 Å². The number of benzene rings is 1. The molecule has 1 aromatic carbocycles. The first kappa shape index (κ1) is 12.4. The van der Waals surface area contributed by atoms with E-state index in [1.807, 2.05) is 19.9 Å². The quantitative estimate of drug-likeness (QED) is 0.825. The molecular formula is C14H15NO3. The summed E-state index contributed by atoms with van der Waals surface area (Å²) in [5.74, 6) is -0.244. The van der Waals surface area contributed by atoms with Gasteiger partial charge >= 0.3 is 5.63 Å². The molecule has 0 aliphatic rings. The van der Waals surface area contributed by atoms with E-state index in [9.17, 15) is 9.59 Å². The van der Waals surface area contributed by atoms with Crippen molar-refractivity contribution >= 4 is 16.9 Å². The zero-order valence-electron chi connectivity index (χ0n) is 10.6. The molecule has 0 aliphatic heterocycles. The maximum absolute atomic E-state index is 12.2. The van der Waals surface area contributed by atoms with Gasteiger partial charge in [-0.2, -0.15) is 0 Å². The van der Waals surface area contributed by atoms with Crippen LogP contribution in [0.1, 0.15) is 29.8 Å². The fraction of sp³-hybridized carbons (Fsp3) is 0.286. The lowest BCUT2D eigenvalue weighted by molar-refractivity contribution is 0.0943. The predicted molar refractivity (Wildman–Crippen MR) is 69.8 cm³/mol. The number of fused-ring (bicyclic) bond motifs is 1. The molecule has 0 atom stereocenters. The van der Waals surface area contributed by atoms with Crippen molar-refractivity contribution in [1.82, 2.24) is 5.32 Å². The van der Waals surface area contributed by atoms with Crippen molar-refractivity contribution in [2.24, 2.45) is 0 Å². The number of hydrogen-bond acceptors (Lipinski definition) is 3. The van der Waals surface area contributed by atoms with E-state index in [1.165, 1.54) is 0 Å². The summed E-state index contributed by atoms with van der Waals surface area (Å²) < 4.78 is 5.15. The Hall–Kier alpha value is -2.10. The molecule has 1 N–H and O–H groups in total. The lowest BCUT2D eigenvalue weighted by Gasteiger charge is -2.11. The summed E-state index contributed by atoms with van der Waals surface area (Å²) in [6, 6.07) is 7.06. The van der Waals surface area contributed by atoms with Gasteiger partial charge in [0.05, 0.1) is 5.56 Å². The second-order valence-corrected chi connectivity index (χ2v) is 4.51.